The number of fused-ring (bicyclic) bond motifs is 6. The zero-order valence-electron chi connectivity index (χ0n) is 40.4. The smallest absolute Gasteiger partial charge is 0.141 e. The second-order valence-electron chi connectivity index (χ2n) is 19.1. The van der Waals surface area contributed by atoms with Crippen LogP contribution >= 0.6 is 0 Å². The van der Waals surface area contributed by atoms with Crippen molar-refractivity contribution in [2.75, 3.05) is 0 Å². The SMILES string of the molecule is Bc1c(B)c(B)c2c(c1B)c1c(B)c(-c3ccc4c(c3)c3cc(-c5ccccc5)ccc3n4-c3ccccc3-c3ccccc3)c(B)c(B)c1n2-c1ccc(-c2cccc(-c3ccccc3)c2)cc1. The fourth-order valence-electron chi connectivity index (χ4n) is 11.5. The second-order valence-corrected chi connectivity index (χ2v) is 19.1. The van der Waals surface area contributed by atoms with Crippen molar-refractivity contribution >= 4 is 137 Å². The molecule has 9 heteroatoms. The number of nitrogens with zero attached hydrogens (tertiary/aromatic N) is 2. The molecule has 0 saturated heterocycles. The molecule has 0 aliphatic rings. The summed E-state index contributed by atoms with van der Waals surface area (Å²) in [5, 5.41) is 5.19. The highest BCUT2D eigenvalue weighted by Crippen LogP contribution is 2.40. The molecule has 0 spiro atoms. The molecule has 10 aromatic carbocycles. The van der Waals surface area contributed by atoms with Gasteiger partial charge in [-0.3, -0.25) is 0 Å². The zero-order valence-corrected chi connectivity index (χ0v) is 40.4. The number of hydrogen-bond donors (Lipinski definition) is 0. The van der Waals surface area contributed by atoms with E-state index in [1.807, 2.05) is 0 Å². The summed E-state index contributed by atoms with van der Waals surface area (Å²) in [7, 11) is 16.3. The van der Waals surface area contributed by atoms with Crippen LogP contribution in [0.2, 0.25) is 0 Å². The first kappa shape index (κ1) is 42.6. The predicted octanol–water partition coefficient (Wildman–Crippen LogP) is 4.02. The minimum absolute atomic E-state index is 1.17. The highest BCUT2D eigenvalue weighted by Gasteiger charge is 2.26. The molecule has 0 atom stereocenters. The summed E-state index contributed by atoms with van der Waals surface area (Å²) < 4.78 is 5.06. The monoisotopic (exact) mass is 872 g/mol. The maximum Gasteiger partial charge on any atom is 0.141 e. The van der Waals surface area contributed by atoms with Gasteiger partial charge in [-0.25, -0.2) is 0 Å². The standard InChI is InChI=1S/C60H47B7N2/c61-52-49(41-26-30-48-45(33-41)44-32-40(35-15-6-2-7-16-35)25-29-47(44)69(48)46-22-11-10-21-43(46)37-17-8-3-9-18-37)53(62)57(66)59-50(52)51-54(63)55(64)56(65)58(67)60(51)68(59)42-27-23-36(24-28-42)39-20-12-19-38(31-39)34-13-4-1-5-14-34/h1-33H,61-67H2. The van der Waals surface area contributed by atoms with Gasteiger partial charge in [-0.15, -0.1) is 5.46 Å². The Kier molecular flexibility index (Phi) is 10.4. The largest absolute Gasteiger partial charge is 0.310 e. The molecule has 0 N–H and O–H groups in total. The van der Waals surface area contributed by atoms with Crippen LogP contribution in [-0.2, 0) is 0 Å². The molecule has 2 aromatic heterocycles. The first-order chi connectivity index (χ1) is 33.7. The van der Waals surface area contributed by atoms with Crippen LogP contribution in [0.5, 0.6) is 0 Å². The third-order valence-corrected chi connectivity index (χ3v) is 15.5. The Morgan fingerprint density at radius 1 is 0.275 bits per heavy atom. The lowest BCUT2D eigenvalue weighted by atomic mass is 9.64. The van der Waals surface area contributed by atoms with E-state index in [9.17, 15) is 0 Å². The maximum atomic E-state index is 2.58. The third-order valence-electron chi connectivity index (χ3n) is 15.5. The lowest BCUT2D eigenvalue weighted by molar-refractivity contribution is 1.18. The number of para-hydroxylation sites is 1. The number of hydrogen-bond acceptors (Lipinski definition) is 0. The lowest BCUT2D eigenvalue weighted by Crippen LogP contribution is -2.48. The van der Waals surface area contributed by atoms with E-state index in [2.05, 4.69) is 264 Å². The van der Waals surface area contributed by atoms with Crippen molar-refractivity contribution in [1.29, 1.82) is 0 Å². The molecule has 2 nitrogen and oxygen atoms in total. The van der Waals surface area contributed by atoms with Crippen molar-refractivity contribution in [3.63, 3.8) is 0 Å². The van der Waals surface area contributed by atoms with Gasteiger partial charge in [0, 0.05) is 38.4 Å². The minimum Gasteiger partial charge on any atom is -0.310 e. The molecule has 0 aliphatic heterocycles. The van der Waals surface area contributed by atoms with Crippen molar-refractivity contribution in [3.05, 3.63) is 200 Å². The predicted molar refractivity (Wildman–Crippen MR) is 320 cm³/mol. The topological polar surface area (TPSA) is 9.86 Å². The summed E-state index contributed by atoms with van der Waals surface area (Å²) in [6.45, 7) is 0. The van der Waals surface area contributed by atoms with Crippen molar-refractivity contribution in [3.8, 4) is 67.0 Å². The van der Waals surface area contributed by atoms with E-state index in [1.54, 1.807) is 0 Å². The van der Waals surface area contributed by atoms with Crippen LogP contribution in [0.4, 0.5) is 0 Å². The molecule has 0 aliphatic carbocycles. The summed E-state index contributed by atoms with van der Waals surface area (Å²) in [5.41, 5.74) is 29.0. The van der Waals surface area contributed by atoms with Gasteiger partial charge in [0.1, 0.15) is 54.9 Å². The fraction of sp³-hybridized carbons (Fsp3) is 0. The molecule has 69 heavy (non-hydrogen) atoms. The molecule has 0 fully saturated rings. The third kappa shape index (κ3) is 6.81. The van der Waals surface area contributed by atoms with Crippen LogP contribution in [0.1, 0.15) is 0 Å². The minimum atomic E-state index is 1.17. The Morgan fingerprint density at radius 3 is 1.32 bits per heavy atom. The van der Waals surface area contributed by atoms with Gasteiger partial charge < -0.3 is 9.13 Å². The number of aromatic nitrogens is 2. The summed E-state index contributed by atoms with van der Waals surface area (Å²) in [5.74, 6) is 0. The van der Waals surface area contributed by atoms with Crippen LogP contribution in [0, 0.1) is 0 Å². The average Bonchev–Trinajstić information content (AvgIpc) is 3.94. The Labute approximate surface area is 410 Å². The second kappa shape index (κ2) is 16.8. The first-order valence-corrected chi connectivity index (χ1v) is 24.3. The van der Waals surface area contributed by atoms with Crippen LogP contribution in [-0.4, -0.2) is 64.1 Å². The molecule has 12 aromatic rings. The molecular formula is C60H47B7N2. The molecule has 0 saturated carbocycles. The van der Waals surface area contributed by atoms with Gasteiger partial charge in [-0.05, 0) is 104 Å². The van der Waals surface area contributed by atoms with E-state index in [0.29, 0.717) is 0 Å². The summed E-state index contributed by atoms with van der Waals surface area (Å²) in [6.07, 6.45) is 0. The van der Waals surface area contributed by atoms with E-state index in [1.165, 1.54) is 149 Å². The van der Waals surface area contributed by atoms with Crippen molar-refractivity contribution in [2.45, 2.75) is 0 Å². The van der Waals surface area contributed by atoms with E-state index < -0.39 is 0 Å². The van der Waals surface area contributed by atoms with Crippen molar-refractivity contribution < 1.29 is 0 Å². The summed E-state index contributed by atoms with van der Waals surface area (Å²) in [4.78, 5) is 0. The summed E-state index contributed by atoms with van der Waals surface area (Å²) >= 11 is 0. The van der Waals surface area contributed by atoms with E-state index in [-0.39, 0.29) is 0 Å². The lowest BCUT2D eigenvalue weighted by Gasteiger charge is -2.19. The Balaban J connectivity index is 1.08. The molecule has 318 valence electrons. The van der Waals surface area contributed by atoms with Gasteiger partial charge in [-0.1, -0.05) is 184 Å². The maximum absolute atomic E-state index is 2.58. The Bertz CT molecular complexity index is 4010. The van der Waals surface area contributed by atoms with Crippen molar-refractivity contribution in [2.24, 2.45) is 0 Å². The van der Waals surface area contributed by atoms with Crippen LogP contribution in [0.3, 0.4) is 0 Å². The van der Waals surface area contributed by atoms with Crippen LogP contribution < -0.4 is 38.2 Å². The van der Waals surface area contributed by atoms with Crippen LogP contribution in [0.15, 0.2) is 200 Å². The van der Waals surface area contributed by atoms with Gasteiger partial charge in [0.25, 0.3) is 0 Å². The molecule has 12 rings (SSSR count). The summed E-state index contributed by atoms with van der Waals surface area (Å²) in [6, 6.07) is 73.5. The molecule has 0 unspecified atom stereocenters. The Morgan fingerprint density at radius 2 is 0.710 bits per heavy atom. The molecule has 2 heterocycles. The highest BCUT2D eigenvalue weighted by atomic mass is 15.0. The van der Waals surface area contributed by atoms with Gasteiger partial charge in [0.2, 0.25) is 0 Å². The van der Waals surface area contributed by atoms with Gasteiger partial charge in [0.15, 0.2) is 0 Å². The quantitative estimate of drug-likeness (QED) is 0.215. The van der Waals surface area contributed by atoms with Gasteiger partial charge in [0.05, 0.1) is 16.7 Å². The Hall–Kier alpha value is -7.75. The molecular weight excluding hydrogens is 824 g/mol. The van der Waals surface area contributed by atoms with Crippen LogP contribution in [0.25, 0.3) is 111 Å². The first-order valence-electron chi connectivity index (χ1n) is 24.3. The zero-order chi connectivity index (χ0) is 47.1. The van der Waals surface area contributed by atoms with E-state index in [0.717, 1.165) is 0 Å². The van der Waals surface area contributed by atoms with E-state index in [4.69, 9.17) is 0 Å². The van der Waals surface area contributed by atoms with E-state index >= 15 is 0 Å². The average molecular weight is 872 g/mol. The highest BCUT2D eigenvalue weighted by molar-refractivity contribution is 6.69. The van der Waals surface area contributed by atoms with Gasteiger partial charge >= 0.3 is 0 Å². The molecule has 0 bridgehead atoms. The van der Waals surface area contributed by atoms with Gasteiger partial charge in [-0.2, -0.15) is 0 Å². The van der Waals surface area contributed by atoms with Crippen molar-refractivity contribution in [1.82, 2.24) is 9.13 Å². The number of rotatable bonds is 7. The molecule has 0 radical (unpaired) electrons. The normalized spacial score (nSPS) is 11.6. The molecule has 0 amide bonds. The number of benzene rings is 10. The fourth-order valence-corrected chi connectivity index (χ4v) is 11.5.